The van der Waals surface area contributed by atoms with E-state index in [9.17, 15) is 4.79 Å². The summed E-state index contributed by atoms with van der Waals surface area (Å²) in [6.07, 6.45) is 5.46. The van der Waals surface area contributed by atoms with Gasteiger partial charge in [-0.25, -0.2) is 0 Å². The van der Waals surface area contributed by atoms with Gasteiger partial charge in [0, 0.05) is 6.54 Å². The predicted octanol–water partition coefficient (Wildman–Crippen LogP) is 1.17. The summed E-state index contributed by atoms with van der Waals surface area (Å²) in [5, 5.41) is 0. The Morgan fingerprint density at radius 1 is 1.16 bits per heavy atom. The van der Waals surface area contributed by atoms with Crippen molar-refractivity contribution >= 4 is 5.91 Å². The molecule has 3 fully saturated rings. The lowest BCUT2D eigenvalue weighted by Crippen LogP contribution is -2.51. The second-order valence-corrected chi connectivity index (χ2v) is 5.72. The molecule has 0 bridgehead atoms. The number of piperidine rings is 1. The van der Waals surface area contributed by atoms with Crippen molar-refractivity contribution in [2.75, 3.05) is 33.0 Å². The third kappa shape index (κ3) is 3.46. The summed E-state index contributed by atoms with van der Waals surface area (Å²) in [7, 11) is 0. The summed E-state index contributed by atoms with van der Waals surface area (Å²) >= 11 is 0. The third-order valence-corrected chi connectivity index (χ3v) is 4.11. The number of ether oxygens (including phenoxy) is 3. The molecule has 108 valence electrons. The molecular weight excluding hydrogens is 246 g/mol. The van der Waals surface area contributed by atoms with Crippen LogP contribution in [0.2, 0.25) is 0 Å². The molecule has 2 heterocycles. The number of nitrogens with zero attached hydrogens (tertiary/aromatic N) is 1. The maximum atomic E-state index is 12.3. The minimum Gasteiger partial charge on any atom is -0.371 e. The van der Waals surface area contributed by atoms with Crippen LogP contribution in [0.4, 0.5) is 0 Å². The molecule has 0 aromatic heterocycles. The molecule has 2 saturated heterocycles. The van der Waals surface area contributed by atoms with Gasteiger partial charge < -0.3 is 19.1 Å². The number of likely N-dealkylation sites (tertiary alicyclic amines) is 1. The summed E-state index contributed by atoms with van der Waals surface area (Å²) in [6, 6.07) is 0.0771. The number of amides is 1. The van der Waals surface area contributed by atoms with Crippen LogP contribution in [0, 0.1) is 5.92 Å². The highest BCUT2D eigenvalue weighted by molar-refractivity contribution is 5.78. The first-order valence-electron chi connectivity index (χ1n) is 7.45. The Bertz CT molecular complexity index is 313. The predicted molar refractivity (Wildman–Crippen MR) is 68.6 cm³/mol. The van der Waals surface area contributed by atoms with E-state index >= 15 is 0 Å². The summed E-state index contributed by atoms with van der Waals surface area (Å²) in [5.74, 6) is 0.788. The molecule has 19 heavy (non-hydrogen) atoms. The van der Waals surface area contributed by atoms with Crippen LogP contribution in [0.1, 0.15) is 32.1 Å². The van der Waals surface area contributed by atoms with Gasteiger partial charge in [0.1, 0.15) is 6.61 Å². The Labute approximate surface area is 114 Å². The van der Waals surface area contributed by atoms with E-state index < -0.39 is 0 Å². The van der Waals surface area contributed by atoms with Crippen molar-refractivity contribution in [3.8, 4) is 0 Å². The van der Waals surface area contributed by atoms with E-state index in [1.165, 1.54) is 12.8 Å². The van der Waals surface area contributed by atoms with Gasteiger partial charge in [0.15, 0.2) is 6.29 Å². The molecule has 1 saturated carbocycles. The maximum Gasteiger partial charge on any atom is 0.248 e. The van der Waals surface area contributed by atoms with Gasteiger partial charge in [-0.2, -0.15) is 0 Å². The topological polar surface area (TPSA) is 48.0 Å². The zero-order valence-electron chi connectivity index (χ0n) is 11.4. The Hall–Kier alpha value is -0.650. The van der Waals surface area contributed by atoms with E-state index in [0.29, 0.717) is 19.1 Å². The van der Waals surface area contributed by atoms with E-state index in [-0.39, 0.29) is 24.8 Å². The third-order valence-electron chi connectivity index (χ3n) is 4.11. The number of rotatable bonds is 5. The molecule has 5 nitrogen and oxygen atoms in total. The minimum atomic E-state index is -0.229. The molecule has 0 radical (unpaired) electrons. The van der Waals surface area contributed by atoms with Crippen molar-refractivity contribution < 1.29 is 19.0 Å². The average Bonchev–Trinajstić information content (AvgIpc) is 3.10. The number of carbonyl (C=O) groups excluding carboxylic acids is 1. The Kier molecular flexibility index (Phi) is 4.35. The molecule has 2 aliphatic heterocycles. The first-order chi connectivity index (χ1) is 9.34. The first kappa shape index (κ1) is 13.3. The Morgan fingerprint density at radius 3 is 2.68 bits per heavy atom. The van der Waals surface area contributed by atoms with Gasteiger partial charge in [-0.15, -0.1) is 0 Å². The largest absolute Gasteiger partial charge is 0.371 e. The maximum absolute atomic E-state index is 12.3. The SMILES string of the molecule is O=C(COCC1CC1)N1CCCCC1C1OCCO1. The monoisotopic (exact) mass is 269 g/mol. The van der Waals surface area contributed by atoms with Crippen LogP contribution in [-0.2, 0) is 19.0 Å². The van der Waals surface area contributed by atoms with Crippen LogP contribution in [0.5, 0.6) is 0 Å². The lowest BCUT2D eigenvalue weighted by atomic mass is 10.0. The van der Waals surface area contributed by atoms with Crippen molar-refractivity contribution in [2.45, 2.75) is 44.4 Å². The molecule has 3 rings (SSSR count). The van der Waals surface area contributed by atoms with Crippen molar-refractivity contribution in [2.24, 2.45) is 5.92 Å². The molecule has 1 amide bonds. The van der Waals surface area contributed by atoms with Gasteiger partial charge in [-0.3, -0.25) is 4.79 Å². The fourth-order valence-corrected chi connectivity index (χ4v) is 2.83. The van der Waals surface area contributed by atoms with Crippen LogP contribution in [0.15, 0.2) is 0 Å². The van der Waals surface area contributed by atoms with Gasteiger partial charge >= 0.3 is 0 Å². The Balaban J connectivity index is 1.50. The van der Waals surface area contributed by atoms with E-state index in [0.717, 1.165) is 32.4 Å². The number of hydrogen-bond donors (Lipinski definition) is 0. The van der Waals surface area contributed by atoms with Gasteiger partial charge in [0.25, 0.3) is 0 Å². The molecule has 5 heteroatoms. The lowest BCUT2D eigenvalue weighted by Gasteiger charge is -2.37. The zero-order chi connectivity index (χ0) is 13.1. The highest BCUT2D eigenvalue weighted by Gasteiger charge is 2.36. The van der Waals surface area contributed by atoms with Crippen LogP contribution < -0.4 is 0 Å². The van der Waals surface area contributed by atoms with Gasteiger partial charge in [-0.1, -0.05) is 0 Å². The number of carbonyl (C=O) groups is 1. The molecule has 1 unspecified atom stereocenters. The molecule has 0 spiro atoms. The van der Waals surface area contributed by atoms with Crippen LogP contribution in [0.25, 0.3) is 0 Å². The quantitative estimate of drug-likeness (QED) is 0.751. The fraction of sp³-hybridized carbons (Fsp3) is 0.929. The van der Waals surface area contributed by atoms with Crippen molar-refractivity contribution in [3.05, 3.63) is 0 Å². The van der Waals surface area contributed by atoms with Crippen LogP contribution >= 0.6 is 0 Å². The van der Waals surface area contributed by atoms with Crippen molar-refractivity contribution in [1.82, 2.24) is 4.90 Å². The van der Waals surface area contributed by atoms with Crippen molar-refractivity contribution in [1.29, 1.82) is 0 Å². The standard InChI is InChI=1S/C14H23NO4/c16-13(10-17-9-11-4-5-11)15-6-2-1-3-12(15)14-18-7-8-19-14/h11-12,14H,1-10H2. The number of hydrogen-bond acceptors (Lipinski definition) is 4. The highest BCUT2D eigenvalue weighted by atomic mass is 16.7. The summed E-state index contributed by atoms with van der Waals surface area (Å²) in [5.41, 5.74) is 0. The minimum absolute atomic E-state index is 0.0771. The normalized spacial score (nSPS) is 28.8. The zero-order valence-corrected chi connectivity index (χ0v) is 11.4. The molecular formula is C14H23NO4. The lowest BCUT2D eigenvalue weighted by molar-refractivity contribution is -0.154. The summed E-state index contributed by atoms with van der Waals surface area (Å²) in [6.45, 7) is 3.03. The molecule has 0 N–H and O–H groups in total. The molecule has 1 atom stereocenters. The van der Waals surface area contributed by atoms with Crippen LogP contribution in [-0.4, -0.2) is 56.1 Å². The summed E-state index contributed by atoms with van der Waals surface area (Å²) in [4.78, 5) is 14.2. The molecule has 0 aromatic carbocycles. The average molecular weight is 269 g/mol. The fourth-order valence-electron chi connectivity index (χ4n) is 2.83. The van der Waals surface area contributed by atoms with Gasteiger partial charge in [-0.05, 0) is 38.0 Å². The van der Waals surface area contributed by atoms with Crippen LogP contribution in [0.3, 0.4) is 0 Å². The summed E-state index contributed by atoms with van der Waals surface area (Å²) < 4.78 is 16.6. The van der Waals surface area contributed by atoms with Crippen molar-refractivity contribution in [3.63, 3.8) is 0 Å². The highest BCUT2D eigenvalue weighted by Crippen LogP contribution is 2.29. The van der Waals surface area contributed by atoms with E-state index in [1.54, 1.807) is 0 Å². The molecule has 0 aromatic rings. The van der Waals surface area contributed by atoms with E-state index in [4.69, 9.17) is 14.2 Å². The van der Waals surface area contributed by atoms with E-state index in [2.05, 4.69) is 0 Å². The van der Waals surface area contributed by atoms with Gasteiger partial charge in [0.05, 0.1) is 25.9 Å². The second-order valence-electron chi connectivity index (χ2n) is 5.72. The molecule has 1 aliphatic carbocycles. The van der Waals surface area contributed by atoms with Gasteiger partial charge in [0.2, 0.25) is 5.91 Å². The second kappa shape index (κ2) is 6.20. The smallest absolute Gasteiger partial charge is 0.248 e. The first-order valence-corrected chi connectivity index (χ1v) is 7.45. The molecule has 3 aliphatic rings. The van der Waals surface area contributed by atoms with E-state index in [1.807, 2.05) is 4.90 Å². The Morgan fingerprint density at radius 2 is 1.95 bits per heavy atom.